The maximum atomic E-state index is 12.0. The molecule has 0 unspecified atom stereocenters. The van der Waals surface area contributed by atoms with Gasteiger partial charge in [-0.1, -0.05) is 24.9 Å². The number of aryl methyl sites for hydroxylation is 1. The first-order chi connectivity index (χ1) is 11.4. The van der Waals surface area contributed by atoms with E-state index in [-0.39, 0.29) is 6.04 Å². The number of halogens is 1. The summed E-state index contributed by atoms with van der Waals surface area (Å²) in [6.07, 6.45) is 6.61. The van der Waals surface area contributed by atoms with Crippen LogP contribution in [-0.2, 0) is 23.0 Å². The van der Waals surface area contributed by atoms with E-state index < -0.39 is 10.0 Å². The fourth-order valence-corrected chi connectivity index (χ4v) is 4.94. The minimum absolute atomic E-state index is 0.261. The molecule has 3 fully saturated rings. The van der Waals surface area contributed by atoms with Crippen LogP contribution in [0.2, 0.25) is 5.15 Å². The standard InChI is InChI=1S/C16H27ClN4O2S/c1-3-4-5-15-18-14(16(17)19-15)11-20-8-12-6-7-13(20)10-21(9-12)24(2,22)23/h12-13H,3-11H2,1-2H3,(H,18,19)/t12-,13-/m1/s1. The third-order valence-electron chi connectivity index (χ3n) is 5.17. The number of hydrogen-bond acceptors (Lipinski definition) is 4. The van der Waals surface area contributed by atoms with Crippen LogP contribution in [0, 0.1) is 5.92 Å². The molecule has 1 aromatic heterocycles. The number of hydrogen-bond donors (Lipinski definition) is 1. The van der Waals surface area contributed by atoms with Gasteiger partial charge >= 0.3 is 0 Å². The van der Waals surface area contributed by atoms with Crippen LogP contribution in [0.5, 0.6) is 0 Å². The van der Waals surface area contributed by atoms with Gasteiger partial charge in [-0.05, 0) is 25.2 Å². The number of sulfonamides is 1. The van der Waals surface area contributed by atoms with Crippen molar-refractivity contribution < 1.29 is 8.42 Å². The summed E-state index contributed by atoms with van der Waals surface area (Å²) in [5.74, 6) is 1.36. The van der Waals surface area contributed by atoms with Gasteiger partial charge in [0.25, 0.3) is 0 Å². The molecular weight excluding hydrogens is 348 g/mol. The number of aromatic amines is 1. The van der Waals surface area contributed by atoms with E-state index in [2.05, 4.69) is 21.8 Å². The smallest absolute Gasteiger partial charge is 0.211 e. The molecular formula is C16H27ClN4O2S. The molecule has 4 rings (SSSR count). The van der Waals surface area contributed by atoms with Crippen LogP contribution < -0.4 is 0 Å². The Labute approximate surface area is 149 Å². The number of H-pyrrole nitrogens is 1. The lowest BCUT2D eigenvalue weighted by atomic mass is 9.95. The van der Waals surface area contributed by atoms with Crippen molar-refractivity contribution in [3.05, 3.63) is 16.7 Å². The van der Waals surface area contributed by atoms with Gasteiger partial charge in [0.1, 0.15) is 5.82 Å². The van der Waals surface area contributed by atoms with E-state index in [9.17, 15) is 8.42 Å². The van der Waals surface area contributed by atoms with Crippen LogP contribution in [0.15, 0.2) is 0 Å². The summed E-state index contributed by atoms with van der Waals surface area (Å²) in [5.41, 5.74) is 0.959. The van der Waals surface area contributed by atoms with Crippen molar-refractivity contribution in [1.29, 1.82) is 0 Å². The number of rotatable bonds is 6. The normalized spacial score (nSPS) is 26.0. The molecule has 6 nitrogen and oxygen atoms in total. The fraction of sp³-hybridized carbons (Fsp3) is 0.812. The summed E-state index contributed by atoms with van der Waals surface area (Å²) in [4.78, 5) is 10.2. The van der Waals surface area contributed by atoms with Gasteiger partial charge in [0, 0.05) is 38.6 Å². The van der Waals surface area contributed by atoms with Crippen molar-refractivity contribution in [2.75, 3.05) is 25.9 Å². The van der Waals surface area contributed by atoms with Gasteiger partial charge < -0.3 is 4.98 Å². The average Bonchev–Trinajstić information content (AvgIpc) is 2.69. The molecule has 0 spiro atoms. The van der Waals surface area contributed by atoms with Crippen molar-refractivity contribution in [1.82, 2.24) is 19.2 Å². The topological polar surface area (TPSA) is 69.3 Å². The van der Waals surface area contributed by atoms with E-state index in [1.54, 1.807) is 4.31 Å². The first-order valence-electron chi connectivity index (χ1n) is 8.79. The van der Waals surface area contributed by atoms with Crippen LogP contribution in [-0.4, -0.2) is 59.5 Å². The first-order valence-corrected chi connectivity index (χ1v) is 11.0. The molecule has 8 heteroatoms. The van der Waals surface area contributed by atoms with E-state index in [4.69, 9.17) is 11.6 Å². The molecule has 0 aromatic carbocycles. The molecule has 0 saturated carbocycles. The molecule has 2 bridgehead atoms. The number of nitrogens with one attached hydrogen (secondary N) is 1. The van der Waals surface area contributed by atoms with E-state index in [0.29, 0.717) is 24.2 Å². The van der Waals surface area contributed by atoms with Crippen LogP contribution >= 0.6 is 11.6 Å². The fourth-order valence-electron chi connectivity index (χ4n) is 3.81. The summed E-state index contributed by atoms with van der Waals surface area (Å²) in [6.45, 7) is 5.04. The zero-order valence-corrected chi connectivity index (χ0v) is 16.0. The highest BCUT2D eigenvalue weighted by molar-refractivity contribution is 7.88. The van der Waals surface area contributed by atoms with Gasteiger partial charge in [-0.25, -0.2) is 17.7 Å². The van der Waals surface area contributed by atoms with Gasteiger partial charge in [0.05, 0.1) is 11.9 Å². The predicted molar refractivity (Wildman–Crippen MR) is 95.5 cm³/mol. The minimum atomic E-state index is -3.13. The number of aromatic nitrogens is 2. The largest absolute Gasteiger partial charge is 0.344 e. The molecule has 3 aliphatic heterocycles. The zero-order valence-electron chi connectivity index (χ0n) is 14.5. The monoisotopic (exact) mass is 374 g/mol. The molecule has 1 N–H and O–H groups in total. The summed E-state index contributed by atoms with van der Waals surface area (Å²) >= 11 is 6.31. The van der Waals surface area contributed by atoms with E-state index in [1.165, 1.54) is 6.26 Å². The van der Waals surface area contributed by atoms with Gasteiger partial charge in [0.2, 0.25) is 10.0 Å². The van der Waals surface area contributed by atoms with Crippen molar-refractivity contribution in [2.45, 2.75) is 51.6 Å². The Morgan fingerprint density at radius 3 is 2.79 bits per heavy atom. The Hall–Kier alpha value is -0.630. The molecule has 136 valence electrons. The highest BCUT2D eigenvalue weighted by Gasteiger charge is 2.37. The summed E-state index contributed by atoms with van der Waals surface area (Å²) in [7, 11) is -3.13. The number of imidazole rings is 1. The molecule has 0 aliphatic carbocycles. The average molecular weight is 375 g/mol. The second-order valence-electron chi connectivity index (χ2n) is 7.16. The maximum Gasteiger partial charge on any atom is 0.211 e. The van der Waals surface area contributed by atoms with Gasteiger partial charge in [0.15, 0.2) is 5.15 Å². The summed E-state index contributed by atoms with van der Waals surface area (Å²) in [5, 5.41) is 0.557. The molecule has 3 saturated heterocycles. The summed E-state index contributed by atoms with van der Waals surface area (Å²) < 4.78 is 25.6. The molecule has 24 heavy (non-hydrogen) atoms. The van der Waals surface area contributed by atoms with Crippen LogP contribution in [0.3, 0.4) is 0 Å². The van der Waals surface area contributed by atoms with Gasteiger partial charge in [-0.15, -0.1) is 0 Å². The number of unbranched alkanes of at least 4 members (excludes halogenated alkanes) is 1. The van der Waals surface area contributed by atoms with E-state index in [1.807, 2.05) is 0 Å². The third kappa shape index (κ3) is 4.12. The van der Waals surface area contributed by atoms with E-state index >= 15 is 0 Å². The molecule has 1 aromatic rings. The Bertz CT molecular complexity index is 676. The number of fused-ring (bicyclic) bond motifs is 4. The quantitative estimate of drug-likeness (QED) is 0.829. The second-order valence-corrected chi connectivity index (χ2v) is 9.50. The lowest BCUT2D eigenvalue weighted by molar-refractivity contribution is 0.124. The maximum absolute atomic E-state index is 12.0. The second kappa shape index (κ2) is 7.32. The van der Waals surface area contributed by atoms with Crippen LogP contribution in [0.1, 0.15) is 44.1 Å². The number of piperidine rings is 1. The van der Waals surface area contributed by atoms with Crippen molar-refractivity contribution in [3.8, 4) is 0 Å². The first kappa shape index (κ1) is 18.2. The Morgan fingerprint density at radius 1 is 1.29 bits per heavy atom. The highest BCUT2D eigenvalue weighted by atomic mass is 35.5. The highest BCUT2D eigenvalue weighted by Crippen LogP contribution is 2.31. The van der Waals surface area contributed by atoms with E-state index in [0.717, 1.165) is 56.7 Å². The minimum Gasteiger partial charge on any atom is -0.344 e. The predicted octanol–water partition coefficient (Wildman–Crippen LogP) is 2.26. The Balaban J connectivity index is 1.71. The molecule has 3 aliphatic rings. The lowest BCUT2D eigenvalue weighted by Crippen LogP contribution is -2.43. The zero-order chi connectivity index (χ0) is 17.3. The van der Waals surface area contributed by atoms with Crippen molar-refractivity contribution in [2.24, 2.45) is 5.92 Å². The third-order valence-corrected chi connectivity index (χ3v) is 6.72. The van der Waals surface area contributed by atoms with Crippen molar-refractivity contribution >= 4 is 21.6 Å². The SMILES string of the molecule is CCCCc1nc(Cl)c(CN2C[C@H]3CC[C@@H]2CN(S(C)(=O)=O)C3)[nH]1. The summed E-state index contributed by atoms with van der Waals surface area (Å²) in [6, 6.07) is 0.261. The molecule has 4 heterocycles. The van der Waals surface area contributed by atoms with Gasteiger partial charge in [-0.3, -0.25) is 4.90 Å². The Morgan fingerprint density at radius 2 is 2.08 bits per heavy atom. The lowest BCUT2D eigenvalue weighted by Gasteiger charge is -2.35. The van der Waals surface area contributed by atoms with Crippen LogP contribution in [0.4, 0.5) is 0 Å². The van der Waals surface area contributed by atoms with Crippen molar-refractivity contribution in [3.63, 3.8) is 0 Å². The Kier molecular flexibility index (Phi) is 5.54. The number of nitrogens with zero attached hydrogens (tertiary/aromatic N) is 3. The van der Waals surface area contributed by atoms with Gasteiger partial charge in [-0.2, -0.15) is 0 Å². The molecule has 0 amide bonds. The molecule has 0 radical (unpaired) electrons. The molecule has 2 atom stereocenters. The van der Waals surface area contributed by atoms with Crippen LogP contribution in [0.25, 0.3) is 0 Å².